The zero-order valence-corrected chi connectivity index (χ0v) is 9.21. The second kappa shape index (κ2) is 4.07. The van der Waals surface area contributed by atoms with E-state index in [0.29, 0.717) is 4.90 Å². The lowest BCUT2D eigenvalue weighted by molar-refractivity contribution is -0.145. The van der Waals surface area contributed by atoms with E-state index in [-0.39, 0.29) is 18.7 Å². The summed E-state index contributed by atoms with van der Waals surface area (Å²) < 4.78 is 11.9. The van der Waals surface area contributed by atoms with Crippen molar-refractivity contribution >= 4 is 17.7 Å². The fourth-order valence-corrected chi connectivity index (χ4v) is 3.17. The maximum absolute atomic E-state index is 12.9. The van der Waals surface area contributed by atoms with Gasteiger partial charge in [0.2, 0.25) is 0 Å². The molecule has 1 aromatic rings. The summed E-state index contributed by atoms with van der Waals surface area (Å²) in [4.78, 5) is 11.7. The first-order valence-corrected chi connectivity index (χ1v) is 5.69. The Bertz CT molecular complexity index is 415. The van der Waals surface area contributed by atoms with Gasteiger partial charge in [-0.15, -0.1) is 11.8 Å². The first-order chi connectivity index (χ1) is 7.52. The van der Waals surface area contributed by atoms with Gasteiger partial charge in [0.15, 0.2) is 0 Å². The third kappa shape index (κ3) is 2.05. The molecule has 2 N–H and O–H groups in total. The van der Waals surface area contributed by atoms with Crippen LogP contribution in [0, 0.1) is 5.82 Å². The van der Waals surface area contributed by atoms with Gasteiger partial charge in [-0.2, -0.15) is 0 Å². The van der Waals surface area contributed by atoms with E-state index in [9.17, 15) is 14.3 Å². The lowest BCUT2D eigenvalue weighted by Crippen LogP contribution is -2.50. The van der Waals surface area contributed by atoms with Crippen molar-refractivity contribution in [3.63, 3.8) is 0 Å². The van der Waals surface area contributed by atoms with Crippen LogP contribution >= 0.6 is 11.8 Å². The Hall–Kier alpha value is -1.07. The van der Waals surface area contributed by atoms with Crippen LogP contribution in [0.5, 0.6) is 0 Å². The van der Waals surface area contributed by atoms with E-state index in [1.54, 1.807) is 12.1 Å². The van der Waals surface area contributed by atoms with Gasteiger partial charge in [-0.05, 0) is 31.0 Å². The predicted molar refractivity (Wildman–Crippen MR) is 57.9 cm³/mol. The molecule has 0 aromatic heterocycles. The molecule has 0 spiro atoms. The number of aliphatic carboxylic acids is 1. The molecular formula is C11H11FO3S. The van der Waals surface area contributed by atoms with Crippen LogP contribution < -0.4 is 0 Å². The van der Waals surface area contributed by atoms with Crippen LogP contribution in [0.15, 0.2) is 29.2 Å². The molecule has 0 radical (unpaired) electrons. The van der Waals surface area contributed by atoms with Gasteiger partial charge in [0, 0.05) is 4.90 Å². The average Bonchev–Trinajstić information content (AvgIpc) is 2.14. The van der Waals surface area contributed by atoms with Gasteiger partial charge in [-0.3, -0.25) is 4.79 Å². The molecule has 1 aliphatic carbocycles. The number of thioether (sulfide) groups is 1. The molecule has 0 atom stereocenters. The third-order valence-corrected chi connectivity index (χ3v) is 4.02. The smallest absolute Gasteiger partial charge is 0.320 e. The summed E-state index contributed by atoms with van der Waals surface area (Å²) in [5, 5.41) is 18.3. The number of carboxylic acids is 1. The van der Waals surface area contributed by atoms with E-state index in [2.05, 4.69) is 0 Å². The third-order valence-electron chi connectivity index (χ3n) is 2.63. The summed E-state index contributed by atoms with van der Waals surface area (Å²) in [5.41, 5.74) is 0. The van der Waals surface area contributed by atoms with Gasteiger partial charge in [0.05, 0.1) is 6.10 Å². The Balaban J connectivity index is 2.16. The van der Waals surface area contributed by atoms with Crippen molar-refractivity contribution in [2.24, 2.45) is 0 Å². The number of carbonyl (C=O) groups is 1. The van der Waals surface area contributed by atoms with Crippen LogP contribution in [-0.2, 0) is 4.79 Å². The molecule has 0 saturated heterocycles. The predicted octanol–water partition coefficient (Wildman–Crippen LogP) is 1.90. The summed E-state index contributed by atoms with van der Waals surface area (Å²) in [5.74, 6) is -1.34. The van der Waals surface area contributed by atoms with Crippen LogP contribution in [0.25, 0.3) is 0 Å². The summed E-state index contributed by atoms with van der Waals surface area (Å²) in [6, 6.07) is 5.83. The van der Waals surface area contributed by atoms with E-state index >= 15 is 0 Å². The largest absolute Gasteiger partial charge is 0.480 e. The molecule has 2 rings (SSSR count). The Kier molecular flexibility index (Phi) is 2.90. The normalized spacial score (nSPS) is 28.5. The van der Waals surface area contributed by atoms with E-state index < -0.39 is 16.8 Å². The maximum Gasteiger partial charge on any atom is 0.320 e. The first-order valence-electron chi connectivity index (χ1n) is 4.88. The summed E-state index contributed by atoms with van der Waals surface area (Å²) in [6.45, 7) is 0. The highest BCUT2D eigenvalue weighted by atomic mass is 32.2. The Morgan fingerprint density at radius 3 is 2.69 bits per heavy atom. The molecule has 86 valence electrons. The molecule has 16 heavy (non-hydrogen) atoms. The van der Waals surface area contributed by atoms with E-state index in [4.69, 9.17) is 5.11 Å². The lowest BCUT2D eigenvalue weighted by atomic mass is 9.81. The van der Waals surface area contributed by atoms with Crippen LogP contribution in [0.4, 0.5) is 4.39 Å². The van der Waals surface area contributed by atoms with Crippen LogP contribution in [0.2, 0.25) is 0 Å². The van der Waals surface area contributed by atoms with Crippen molar-refractivity contribution < 1.29 is 19.4 Å². The fourth-order valence-electron chi connectivity index (χ4n) is 1.76. The number of aliphatic hydroxyl groups excluding tert-OH is 1. The molecule has 0 bridgehead atoms. The standard InChI is InChI=1S/C11H11FO3S/c12-7-2-1-3-9(4-7)16-11(10(14)15)5-8(13)6-11/h1-4,8,13H,5-6H2,(H,14,15). The Labute approximate surface area is 96.3 Å². The van der Waals surface area contributed by atoms with Gasteiger partial charge in [-0.25, -0.2) is 4.39 Å². The quantitative estimate of drug-likeness (QED) is 0.850. The highest BCUT2D eigenvalue weighted by molar-refractivity contribution is 8.01. The minimum Gasteiger partial charge on any atom is -0.480 e. The second-order valence-electron chi connectivity index (χ2n) is 3.92. The zero-order valence-electron chi connectivity index (χ0n) is 8.39. The minimum absolute atomic E-state index is 0.212. The second-order valence-corrected chi connectivity index (χ2v) is 5.38. The van der Waals surface area contributed by atoms with Gasteiger partial charge in [0.25, 0.3) is 0 Å². The average molecular weight is 242 g/mol. The molecule has 0 aliphatic heterocycles. The van der Waals surface area contributed by atoms with Crippen molar-refractivity contribution in [1.29, 1.82) is 0 Å². The molecular weight excluding hydrogens is 231 g/mol. The molecule has 0 heterocycles. The Morgan fingerprint density at radius 2 is 2.19 bits per heavy atom. The fraction of sp³-hybridized carbons (Fsp3) is 0.364. The molecule has 1 aromatic carbocycles. The van der Waals surface area contributed by atoms with Crippen LogP contribution in [0.1, 0.15) is 12.8 Å². The van der Waals surface area contributed by atoms with Gasteiger partial charge >= 0.3 is 5.97 Å². The molecule has 5 heteroatoms. The highest BCUT2D eigenvalue weighted by Crippen LogP contribution is 2.47. The van der Waals surface area contributed by atoms with Crippen molar-refractivity contribution in [2.45, 2.75) is 28.6 Å². The van der Waals surface area contributed by atoms with Crippen LogP contribution in [0.3, 0.4) is 0 Å². The zero-order chi connectivity index (χ0) is 11.8. The minimum atomic E-state index is -0.993. The van der Waals surface area contributed by atoms with Crippen molar-refractivity contribution in [3.05, 3.63) is 30.1 Å². The molecule has 0 amide bonds. The number of hydrogen-bond acceptors (Lipinski definition) is 3. The monoisotopic (exact) mass is 242 g/mol. The van der Waals surface area contributed by atoms with Gasteiger partial charge in [0.1, 0.15) is 10.6 Å². The molecule has 3 nitrogen and oxygen atoms in total. The SMILES string of the molecule is O=C(O)C1(Sc2cccc(F)c2)CC(O)C1. The van der Waals surface area contributed by atoms with Gasteiger partial charge in [-0.1, -0.05) is 6.07 Å². The number of carboxylic acid groups (broad SMARTS) is 1. The van der Waals surface area contributed by atoms with Crippen LogP contribution in [-0.4, -0.2) is 27.0 Å². The summed E-state index contributed by atoms with van der Waals surface area (Å²) in [6.07, 6.45) is -0.135. The molecule has 1 aliphatic rings. The van der Waals surface area contributed by atoms with E-state index in [0.717, 1.165) is 11.8 Å². The number of benzene rings is 1. The van der Waals surface area contributed by atoms with Gasteiger partial charge < -0.3 is 10.2 Å². The van der Waals surface area contributed by atoms with E-state index in [1.165, 1.54) is 12.1 Å². The molecule has 1 saturated carbocycles. The number of rotatable bonds is 3. The van der Waals surface area contributed by atoms with Crippen molar-refractivity contribution in [1.82, 2.24) is 0 Å². The number of hydrogen-bond donors (Lipinski definition) is 2. The topological polar surface area (TPSA) is 57.5 Å². The summed E-state index contributed by atoms with van der Waals surface area (Å²) >= 11 is 1.10. The number of halogens is 1. The number of aliphatic hydroxyl groups is 1. The summed E-state index contributed by atoms with van der Waals surface area (Å²) in [7, 11) is 0. The maximum atomic E-state index is 12.9. The first kappa shape index (κ1) is 11.4. The van der Waals surface area contributed by atoms with E-state index in [1.807, 2.05) is 0 Å². The lowest BCUT2D eigenvalue weighted by Gasteiger charge is -2.40. The molecule has 1 fully saturated rings. The highest BCUT2D eigenvalue weighted by Gasteiger charge is 2.51. The Morgan fingerprint density at radius 1 is 1.50 bits per heavy atom. The molecule has 0 unspecified atom stereocenters. The van der Waals surface area contributed by atoms with Crippen molar-refractivity contribution in [3.8, 4) is 0 Å². The van der Waals surface area contributed by atoms with Crippen molar-refractivity contribution in [2.75, 3.05) is 0 Å².